The number of aromatic nitrogens is 1. The van der Waals surface area contributed by atoms with E-state index in [-0.39, 0.29) is 0 Å². The summed E-state index contributed by atoms with van der Waals surface area (Å²) in [5, 5.41) is 6.37. The molecule has 0 fully saturated rings. The topological polar surface area (TPSA) is 43.4 Å². The summed E-state index contributed by atoms with van der Waals surface area (Å²) in [6.45, 7) is 3.44. The van der Waals surface area contributed by atoms with Crippen LogP contribution in [0.4, 0.5) is 0 Å². The first kappa shape index (κ1) is 15.8. The molecule has 0 spiro atoms. The van der Waals surface area contributed by atoms with Gasteiger partial charge in [-0.3, -0.25) is 0 Å². The molecule has 0 saturated carbocycles. The number of hydrogen-bond donors (Lipinski definition) is 1. The highest BCUT2D eigenvalue weighted by molar-refractivity contribution is 7.09. The van der Waals surface area contributed by atoms with E-state index in [2.05, 4.69) is 22.6 Å². The summed E-state index contributed by atoms with van der Waals surface area (Å²) in [5.74, 6) is 1.51. The number of methoxy groups -OCH3 is 1. The van der Waals surface area contributed by atoms with Gasteiger partial charge in [0.05, 0.1) is 17.8 Å². The smallest absolute Gasteiger partial charge is 0.162 e. The highest BCUT2D eigenvalue weighted by atomic mass is 32.1. The van der Waals surface area contributed by atoms with Crippen LogP contribution in [0.3, 0.4) is 0 Å². The van der Waals surface area contributed by atoms with Gasteiger partial charge in [-0.1, -0.05) is 13.0 Å². The van der Waals surface area contributed by atoms with Crippen molar-refractivity contribution in [1.29, 1.82) is 0 Å². The number of nitrogens with zero attached hydrogens (tertiary/aromatic N) is 1. The first-order valence-electron chi connectivity index (χ1n) is 7.14. The second kappa shape index (κ2) is 8.00. The summed E-state index contributed by atoms with van der Waals surface area (Å²) in [6.07, 6.45) is 2.15. The Morgan fingerprint density at radius 3 is 2.86 bits per heavy atom. The molecule has 0 aliphatic rings. The van der Waals surface area contributed by atoms with Gasteiger partial charge in [-0.2, -0.15) is 0 Å². The Morgan fingerprint density at radius 2 is 2.14 bits per heavy atom. The third-order valence-electron chi connectivity index (χ3n) is 3.05. The van der Waals surface area contributed by atoms with E-state index in [9.17, 15) is 0 Å². The molecule has 0 unspecified atom stereocenters. The number of rotatable bonds is 8. The normalized spacial score (nSPS) is 10.6. The van der Waals surface area contributed by atoms with E-state index in [0.717, 1.165) is 36.6 Å². The predicted molar refractivity (Wildman–Crippen MR) is 86.2 cm³/mol. The van der Waals surface area contributed by atoms with Crippen molar-refractivity contribution >= 4 is 11.3 Å². The van der Waals surface area contributed by atoms with Crippen molar-refractivity contribution in [3.63, 3.8) is 0 Å². The maximum Gasteiger partial charge on any atom is 0.162 e. The Hall–Kier alpha value is -1.59. The van der Waals surface area contributed by atoms with Gasteiger partial charge < -0.3 is 14.8 Å². The van der Waals surface area contributed by atoms with E-state index in [0.29, 0.717) is 6.61 Å². The minimum Gasteiger partial charge on any atom is -0.493 e. The molecule has 2 rings (SSSR count). The van der Waals surface area contributed by atoms with Crippen LogP contribution in [0.25, 0.3) is 0 Å². The van der Waals surface area contributed by atoms with Crippen LogP contribution in [0.5, 0.6) is 11.5 Å². The minimum absolute atomic E-state index is 0.472. The third-order valence-corrected chi connectivity index (χ3v) is 4.01. The first-order valence-corrected chi connectivity index (χ1v) is 8.02. The molecule has 5 heteroatoms. The maximum absolute atomic E-state index is 5.88. The zero-order valence-corrected chi connectivity index (χ0v) is 13.6. The molecule has 0 aliphatic carbocycles. The summed E-state index contributed by atoms with van der Waals surface area (Å²) in [7, 11) is 3.58. The second-order valence-corrected chi connectivity index (χ2v) is 5.73. The molecule has 0 saturated heterocycles. The molecule has 1 N–H and O–H groups in total. The van der Waals surface area contributed by atoms with Gasteiger partial charge in [0, 0.05) is 11.9 Å². The summed E-state index contributed by atoms with van der Waals surface area (Å²) < 4.78 is 11.2. The average molecular weight is 306 g/mol. The molecule has 1 heterocycles. The van der Waals surface area contributed by atoms with Crippen LogP contribution in [-0.4, -0.2) is 19.1 Å². The largest absolute Gasteiger partial charge is 0.493 e. The van der Waals surface area contributed by atoms with Crippen LogP contribution in [0.15, 0.2) is 23.6 Å². The van der Waals surface area contributed by atoms with Crippen molar-refractivity contribution in [1.82, 2.24) is 10.3 Å². The van der Waals surface area contributed by atoms with Gasteiger partial charge in [-0.05, 0) is 37.6 Å². The summed E-state index contributed by atoms with van der Waals surface area (Å²) in [4.78, 5) is 4.57. The van der Waals surface area contributed by atoms with E-state index in [1.807, 2.05) is 25.2 Å². The summed E-state index contributed by atoms with van der Waals surface area (Å²) >= 11 is 1.70. The van der Waals surface area contributed by atoms with Crippen molar-refractivity contribution < 1.29 is 9.47 Å². The molecule has 4 nitrogen and oxygen atoms in total. The predicted octanol–water partition coefficient (Wildman–Crippen LogP) is 3.40. The number of thiazole rings is 1. The lowest BCUT2D eigenvalue weighted by Gasteiger charge is -2.11. The number of aryl methyl sites for hydroxylation is 1. The fraction of sp³-hybridized carbons (Fsp3) is 0.438. The minimum atomic E-state index is 0.472. The van der Waals surface area contributed by atoms with E-state index >= 15 is 0 Å². The van der Waals surface area contributed by atoms with E-state index in [4.69, 9.17) is 9.47 Å². The van der Waals surface area contributed by atoms with Gasteiger partial charge in [0.1, 0.15) is 6.61 Å². The molecule has 0 aliphatic heterocycles. The van der Waals surface area contributed by atoms with Gasteiger partial charge in [0.2, 0.25) is 0 Å². The van der Waals surface area contributed by atoms with E-state index in [1.54, 1.807) is 18.4 Å². The molecule has 2 aromatic rings. The second-order valence-electron chi connectivity index (χ2n) is 4.79. The van der Waals surface area contributed by atoms with Crippen molar-refractivity contribution in [2.75, 3.05) is 14.2 Å². The zero-order chi connectivity index (χ0) is 15.1. The number of nitrogens with one attached hydrogen (secondary N) is 1. The summed E-state index contributed by atoms with van der Waals surface area (Å²) in [6, 6.07) is 5.98. The average Bonchev–Trinajstić information content (AvgIpc) is 2.94. The Bertz CT molecular complexity index is 569. The van der Waals surface area contributed by atoms with Crippen LogP contribution in [-0.2, 0) is 19.6 Å². The van der Waals surface area contributed by atoms with Crippen LogP contribution in [0, 0.1) is 0 Å². The van der Waals surface area contributed by atoms with E-state index < -0.39 is 0 Å². The SMILES string of the molecule is CCCc1nc(COc2cc(CNC)ccc2OC)cs1. The first-order chi connectivity index (χ1) is 10.3. The monoisotopic (exact) mass is 306 g/mol. The van der Waals surface area contributed by atoms with E-state index in [1.165, 1.54) is 10.6 Å². The van der Waals surface area contributed by atoms with Gasteiger partial charge >= 0.3 is 0 Å². The van der Waals surface area contributed by atoms with Crippen molar-refractivity contribution in [3.05, 3.63) is 39.8 Å². The molecule has 0 bridgehead atoms. The van der Waals surface area contributed by atoms with Gasteiger partial charge in [-0.15, -0.1) is 11.3 Å². The van der Waals surface area contributed by atoms with Crippen molar-refractivity contribution in [2.24, 2.45) is 0 Å². The molecular weight excluding hydrogens is 284 g/mol. The quantitative estimate of drug-likeness (QED) is 0.812. The van der Waals surface area contributed by atoms with Crippen LogP contribution in [0.2, 0.25) is 0 Å². The molecule has 114 valence electrons. The third kappa shape index (κ3) is 4.44. The Morgan fingerprint density at radius 1 is 1.29 bits per heavy atom. The molecule has 21 heavy (non-hydrogen) atoms. The standard InChI is InChI=1S/C16H22N2O2S/c1-4-5-16-18-13(11-21-16)10-20-15-8-12(9-17-2)6-7-14(15)19-3/h6-8,11,17H,4-5,9-10H2,1-3H3. The summed E-state index contributed by atoms with van der Waals surface area (Å²) in [5.41, 5.74) is 2.14. The maximum atomic E-state index is 5.88. The van der Waals surface area contributed by atoms with Crippen LogP contribution < -0.4 is 14.8 Å². The van der Waals surface area contributed by atoms with Crippen molar-refractivity contribution in [3.8, 4) is 11.5 Å². The Kier molecular flexibility index (Phi) is 6.02. The fourth-order valence-corrected chi connectivity index (χ4v) is 2.93. The fourth-order valence-electron chi connectivity index (χ4n) is 2.04. The van der Waals surface area contributed by atoms with Gasteiger partial charge in [0.15, 0.2) is 11.5 Å². The Balaban J connectivity index is 2.04. The van der Waals surface area contributed by atoms with Crippen molar-refractivity contribution in [2.45, 2.75) is 32.9 Å². The highest BCUT2D eigenvalue weighted by Crippen LogP contribution is 2.29. The molecule has 0 radical (unpaired) electrons. The number of benzene rings is 1. The Labute approximate surface area is 130 Å². The lowest BCUT2D eigenvalue weighted by Crippen LogP contribution is -2.06. The van der Waals surface area contributed by atoms with Crippen LogP contribution >= 0.6 is 11.3 Å². The zero-order valence-electron chi connectivity index (χ0n) is 12.8. The highest BCUT2D eigenvalue weighted by Gasteiger charge is 2.08. The molecule has 1 aromatic carbocycles. The molecule has 0 atom stereocenters. The van der Waals surface area contributed by atoms with Crippen LogP contribution in [0.1, 0.15) is 29.6 Å². The van der Waals surface area contributed by atoms with Gasteiger partial charge in [-0.25, -0.2) is 4.98 Å². The molecule has 0 amide bonds. The molecular formula is C16H22N2O2S. The molecule has 1 aromatic heterocycles. The number of hydrogen-bond acceptors (Lipinski definition) is 5. The lowest BCUT2D eigenvalue weighted by molar-refractivity contribution is 0.281. The lowest BCUT2D eigenvalue weighted by atomic mass is 10.2. The number of ether oxygens (including phenoxy) is 2. The van der Waals surface area contributed by atoms with Gasteiger partial charge in [0.25, 0.3) is 0 Å².